The van der Waals surface area contributed by atoms with Crippen LogP contribution in [0, 0.1) is 0 Å². The summed E-state index contributed by atoms with van der Waals surface area (Å²) in [4.78, 5) is 18.7. The van der Waals surface area contributed by atoms with Crippen LogP contribution < -0.4 is 5.32 Å². The van der Waals surface area contributed by atoms with Crippen LogP contribution in [0.1, 0.15) is 48.5 Å². The van der Waals surface area contributed by atoms with E-state index in [2.05, 4.69) is 22.4 Å². The number of pyridine rings is 1. The highest BCUT2D eigenvalue weighted by Crippen LogP contribution is 2.34. The summed E-state index contributed by atoms with van der Waals surface area (Å²) in [6.45, 7) is 2.24. The number of fused-ring (bicyclic) bond motifs is 1. The number of nitrogens with zero attached hydrogens (tertiary/aromatic N) is 2. The third-order valence-corrected chi connectivity index (χ3v) is 4.86. The number of rotatable bonds is 5. The normalized spacial score (nSPS) is 17.4. The van der Waals surface area contributed by atoms with E-state index in [1.807, 2.05) is 31.2 Å². The van der Waals surface area contributed by atoms with Gasteiger partial charge in [0.05, 0.1) is 18.7 Å². The van der Waals surface area contributed by atoms with E-state index in [0.717, 1.165) is 24.8 Å². The van der Waals surface area contributed by atoms with E-state index in [1.165, 1.54) is 11.1 Å². The van der Waals surface area contributed by atoms with Crippen molar-refractivity contribution in [1.82, 2.24) is 15.2 Å². The number of amides is 2. The molecule has 5 heteroatoms. The molecule has 0 saturated heterocycles. The molecule has 2 unspecified atom stereocenters. The number of carbonyl (C=O) groups excluding carboxylic acids is 1. The van der Waals surface area contributed by atoms with Gasteiger partial charge in [-0.05, 0) is 55.0 Å². The van der Waals surface area contributed by atoms with E-state index in [9.17, 15) is 9.90 Å². The zero-order valence-corrected chi connectivity index (χ0v) is 14.6. The lowest BCUT2D eigenvalue weighted by molar-refractivity contribution is 0.142. The van der Waals surface area contributed by atoms with Gasteiger partial charge < -0.3 is 15.3 Å². The fourth-order valence-corrected chi connectivity index (χ4v) is 3.56. The molecule has 1 heterocycles. The zero-order valence-electron chi connectivity index (χ0n) is 14.6. The van der Waals surface area contributed by atoms with Crippen LogP contribution in [-0.2, 0) is 6.42 Å². The van der Waals surface area contributed by atoms with Crippen LogP contribution in [0.3, 0.4) is 0 Å². The van der Waals surface area contributed by atoms with E-state index < -0.39 is 0 Å². The molecule has 0 aliphatic heterocycles. The maximum atomic E-state index is 12.9. The summed E-state index contributed by atoms with van der Waals surface area (Å²) in [5.74, 6) is 0. The smallest absolute Gasteiger partial charge is 0.318 e. The molecule has 1 aromatic carbocycles. The molecule has 2 N–H and O–H groups in total. The number of carbonyl (C=O) groups is 1. The molecule has 0 bridgehead atoms. The molecule has 0 spiro atoms. The lowest BCUT2D eigenvalue weighted by Crippen LogP contribution is -2.45. The average molecular weight is 339 g/mol. The lowest BCUT2D eigenvalue weighted by atomic mass is 9.87. The number of benzene rings is 1. The molecule has 2 amide bonds. The molecule has 132 valence electrons. The summed E-state index contributed by atoms with van der Waals surface area (Å²) in [7, 11) is 0. The summed E-state index contributed by atoms with van der Waals surface area (Å²) >= 11 is 0. The standard InChI is InChI=1S/C20H25N3O2/c1-15(16-9-11-21-12-10-16)22-20(25)23(13-14-24)19-8-4-6-17-5-2-3-7-18(17)19/h2-3,5,7,9-12,15,19,24H,4,6,8,13-14H2,1H3,(H,22,25). The van der Waals surface area contributed by atoms with E-state index in [1.54, 1.807) is 17.3 Å². The van der Waals surface area contributed by atoms with Gasteiger partial charge in [-0.3, -0.25) is 4.98 Å². The molecule has 1 aliphatic rings. The number of aliphatic hydroxyl groups is 1. The third kappa shape index (κ3) is 3.99. The van der Waals surface area contributed by atoms with Crippen molar-refractivity contribution in [2.75, 3.05) is 13.2 Å². The minimum atomic E-state index is -0.139. The van der Waals surface area contributed by atoms with Crippen LogP contribution in [0.2, 0.25) is 0 Å². The molecule has 2 aromatic rings. The van der Waals surface area contributed by atoms with Crippen molar-refractivity contribution >= 4 is 6.03 Å². The SMILES string of the molecule is CC(NC(=O)N(CCO)C1CCCc2ccccc21)c1ccncc1. The Morgan fingerprint density at radius 1 is 1.32 bits per heavy atom. The van der Waals surface area contributed by atoms with Gasteiger partial charge in [0, 0.05) is 18.9 Å². The molecule has 25 heavy (non-hydrogen) atoms. The van der Waals surface area contributed by atoms with Crippen LogP contribution in [-0.4, -0.2) is 34.2 Å². The number of hydrogen-bond acceptors (Lipinski definition) is 3. The second kappa shape index (κ2) is 8.12. The van der Waals surface area contributed by atoms with Gasteiger partial charge in [0.1, 0.15) is 0 Å². The minimum absolute atomic E-state index is 0.0155. The van der Waals surface area contributed by atoms with Crippen molar-refractivity contribution in [2.45, 2.75) is 38.3 Å². The molecule has 0 saturated carbocycles. The Morgan fingerprint density at radius 3 is 2.84 bits per heavy atom. The quantitative estimate of drug-likeness (QED) is 0.879. The largest absolute Gasteiger partial charge is 0.395 e. The molecule has 0 radical (unpaired) electrons. The predicted molar refractivity (Wildman–Crippen MR) is 97.1 cm³/mol. The molecule has 0 fully saturated rings. The second-order valence-electron chi connectivity index (χ2n) is 6.48. The Hall–Kier alpha value is -2.40. The second-order valence-corrected chi connectivity index (χ2v) is 6.48. The topological polar surface area (TPSA) is 65.5 Å². The molecule has 1 aliphatic carbocycles. The van der Waals surface area contributed by atoms with Crippen molar-refractivity contribution in [2.24, 2.45) is 0 Å². The van der Waals surface area contributed by atoms with Crippen molar-refractivity contribution in [3.8, 4) is 0 Å². The molecule has 1 aromatic heterocycles. The van der Waals surface area contributed by atoms with Gasteiger partial charge in [-0.25, -0.2) is 4.79 Å². The van der Waals surface area contributed by atoms with Gasteiger partial charge in [-0.2, -0.15) is 0 Å². The first-order chi connectivity index (χ1) is 12.2. The first-order valence-corrected chi connectivity index (χ1v) is 8.86. The molecule has 2 atom stereocenters. The fourth-order valence-electron chi connectivity index (χ4n) is 3.56. The van der Waals surface area contributed by atoms with Crippen LogP contribution in [0.5, 0.6) is 0 Å². The summed E-state index contributed by atoms with van der Waals surface area (Å²) in [5.41, 5.74) is 3.52. The van der Waals surface area contributed by atoms with Crippen LogP contribution >= 0.6 is 0 Å². The Kier molecular flexibility index (Phi) is 5.66. The maximum Gasteiger partial charge on any atom is 0.318 e. The van der Waals surface area contributed by atoms with Gasteiger partial charge in [-0.15, -0.1) is 0 Å². The molecule has 3 rings (SSSR count). The third-order valence-electron chi connectivity index (χ3n) is 4.86. The number of aromatic nitrogens is 1. The molecular weight excluding hydrogens is 314 g/mol. The summed E-state index contributed by atoms with van der Waals surface area (Å²) in [5, 5.41) is 12.5. The Morgan fingerprint density at radius 2 is 2.08 bits per heavy atom. The van der Waals surface area contributed by atoms with E-state index in [0.29, 0.717) is 6.54 Å². The van der Waals surface area contributed by atoms with Crippen LogP contribution in [0.25, 0.3) is 0 Å². The monoisotopic (exact) mass is 339 g/mol. The Bertz CT molecular complexity index is 705. The number of hydrogen-bond donors (Lipinski definition) is 2. The Balaban J connectivity index is 1.78. The minimum Gasteiger partial charge on any atom is -0.395 e. The van der Waals surface area contributed by atoms with Gasteiger partial charge in [0.15, 0.2) is 0 Å². The highest BCUT2D eigenvalue weighted by atomic mass is 16.3. The highest BCUT2D eigenvalue weighted by Gasteiger charge is 2.29. The van der Waals surface area contributed by atoms with Crippen molar-refractivity contribution < 1.29 is 9.90 Å². The van der Waals surface area contributed by atoms with Crippen molar-refractivity contribution in [3.63, 3.8) is 0 Å². The van der Waals surface area contributed by atoms with Gasteiger partial charge >= 0.3 is 6.03 Å². The molecule has 5 nitrogen and oxygen atoms in total. The number of urea groups is 1. The van der Waals surface area contributed by atoms with Crippen molar-refractivity contribution in [1.29, 1.82) is 0 Å². The number of nitrogens with one attached hydrogen (secondary N) is 1. The van der Waals surface area contributed by atoms with Gasteiger partial charge in [0.25, 0.3) is 0 Å². The van der Waals surface area contributed by atoms with E-state index in [4.69, 9.17) is 0 Å². The zero-order chi connectivity index (χ0) is 17.6. The summed E-state index contributed by atoms with van der Waals surface area (Å²) in [6, 6.07) is 11.9. The number of aliphatic hydroxyl groups excluding tert-OH is 1. The van der Waals surface area contributed by atoms with E-state index >= 15 is 0 Å². The van der Waals surface area contributed by atoms with Crippen LogP contribution in [0.15, 0.2) is 48.8 Å². The van der Waals surface area contributed by atoms with Gasteiger partial charge in [-0.1, -0.05) is 24.3 Å². The van der Waals surface area contributed by atoms with Crippen LogP contribution in [0.4, 0.5) is 4.79 Å². The number of aryl methyl sites for hydroxylation is 1. The summed E-state index contributed by atoms with van der Waals surface area (Å²) in [6.07, 6.45) is 6.47. The first-order valence-electron chi connectivity index (χ1n) is 8.86. The van der Waals surface area contributed by atoms with Gasteiger partial charge in [0.2, 0.25) is 0 Å². The highest BCUT2D eigenvalue weighted by molar-refractivity contribution is 5.75. The summed E-state index contributed by atoms with van der Waals surface area (Å²) < 4.78 is 0. The fraction of sp³-hybridized carbons (Fsp3) is 0.400. The van der Waals surface area contributed by atoms with Crippen molar-refractivity contribution in [3.05, 3.63) is 65.5 Å². The Labute approximate surface area is 148 Å². The first kappa shape index (κ1) is 17.4. The lowest BCUT2D eigenvalue weighted by Gasteiger charge is -2.36. The molecular formula is C20H25N3O2. The maximum absolute atomic E-state index is 12.9. The average Bonchev–Trinajstić information content (AvgIpc) is 2.66. The predicted octanol–water partition coefficient (Wildman–Crippen LogP) is 3.22. The van der Waals surface area contributed by atoms with E-state index in [-0.39, 0.29) is 24.7 Å².